The molecule has 1 heterocycles. The monoisotopic (exact) mass is 287 g/mol. The van der Waals surface area contributed by atoms with E-state index in [-0.39, 0.29) is 5.69 Å². The van der Waals surface area contributed by atoms with E-state index in [0.717, 1.165) is 28.3 Å². The number of rotatable bonds is 5. The second-order valence-electron chi connectivity index (χ2n) is 5.24. The highest BCUT2D eigenvalue weighted by Crippen LogP contribution is 2.42. The van der Waals surface area contributed by atoms with E-state index >= 15 is 0 Å². The van der Waals surface area contributed by atoms with Crippen molar-refractivity contribution in [1.29, 1.82) is 0 Å². The fourth-order valence-corrected chi connectivity index (χ4v) is 3.53. The molecule has 1 aliphatic carbocycles. The van der Waals surface area contributed by atoms with Crippen LogP contribution in [-0.4, -0.2) is 16.1 Å². The van der Waals surface area contributed by atoms with Crippen LogP contribution in [0.25, 0.3) is 10.4 Å². The Kier molecular flexibility index (Phi) is 3.57. The van der Waals surface area contributed by atoms with Gasteiger partial charge in [-0.2, -0.15) is 0 Å². The van der Waals surface area contributed by atoms with Crippen molar-refractivity contribution in [2.24, 2.45) is 0 Å². The Morgan fingerprint density at radius 2 is 2.25 bits per heavy atom. The predicted octanol–water partition coefficient (Wildman–Crippen LogP) is 4.34. The number of carboxylic acids is 1. The molecule has 2 aromatic rings. The maximum atomic E-state index is 11.4. The van der Waals surface area contributed by atoms with Crippen molar-refractivity contribution in [2.75, 3.05) is 0 Å². The van der Waals surface area contributed by atoms with Gasteiger partial charge in [-0.25, -0.2) is 9.78 Å². The topological polar surface area (TPSA) is 50.2 Å². The molecule has 1 N–H and O–H groups in total. The van der Waals surface area contributed by atoms with Gasteiger partial charge >= 0.3 is 5.97 Å². The number of benzene rings is 1. The molecule has 0 spiro atoms. The van der Waals surface area contributed by atoms with Crippen molar-refractivity contribution in [3.63, 3.8) is 0 Å². The number of hydrogen-bond donors (Lipinski definition) is 1. The minimum atomic E-state index is -0.935. The highest BCUT2D eigenvalue weighted by molar-refractivity contribution is 7.15. The molecular formula is C16H17NO2S. The van der Waals surface area contributed by atoms with Crippen molar-refractivity contribution in [3.05, 3.63) is 40.5 Å². The lowest BCUT2D eigenvalue weighted by Crippen LogP contribution is -1.99. The van der Waals surface area contributed by atoms with E-state index in [1.807, 2.05) is 12.1 Å². The molecule has 0 saturated heterocycles. The zero-order chi connectivity index (χ0) is 14.1. The molecule has 0 unspecified atom stereocenters. The summed E-state index contributed by atoms with van der Waals surface area (Å²) in [4.78, 5) is 16.5. The van der Waals surface area contributed by atoms with Gasteiger partial charge in [-0.3, -0.25) is 0 Å². The van der Waals surface area contributed by atoms with Gasteiger partial charge in [-0.15, -0.1) is 11.3 Å². The standard InChI is InChI=1S/C16H17NO2S/c1-2-4-13-17-14(16(18)19)15(20-13)12-6-3-5-11(9-12)10-7-8-10/h3,5-6,9-10H,2,4,7-8H2,1H3,(H,18,19). The lowest BCUT2D eigenvalue weighted by Gasteiger charge is -2.03. The number of hydrogen-bond acceptors (Lipinski definition) is 3. The largest absolute Gasteiger partial charge is 0.476 e. The first-order valence-electron chi connectivity index (χ1n) is 7.02. The average Bonchev–Trinajstić information content (AvgIpc) is 3.20. The van der Waals surface area contributed by atoms with Crippen molar-refractivity contribution in [2.45, 2.75) is 38.5 Å². The number of carbonyl (C=O) groups is 1. The molecule has 1 aliphatic rings. The molecule has 4 heteroatoms. The summed E-state index contributed by atoms with van der Waals surface area (Å²) in [5.74, 6) is -0.262. The third-order valence-electron chi connectivity index (χ3n) is 3.54. The number of carboxylic acid groups (broad SMARTS) is 1. The van der Waals surface area contributed by atoms with Gasteiger partial charge in [0.15, 0.2) is 5.69 Å². The molecule has 0 aliphatic heterocycles. The molecule has 1 aromatic carbocycles. The smallest absolute Gasteiger partial charge is 0.356 e. The molecule has 0 atom stereocenters. The van der Waals surface area contributed by atoms with E-state index in [1.165, 1.54) is 29.7 Å². The second-order valence-corrected chi connectivity index (χ2v) is 6.32. The van der Waals surface area contributed by atoms with Gasteiger partial charge in [-0.05, 0) is 48.8 Å². The van der Waals surface area contributed by atoms with Gasteiger partial charge in [-0.1, -0.05) is 25.1 Å². The van der Waals surface area contributed by atoms with Crippen LogP contribution in [0.5, 0.6) is 0 Å². The molecule has 1 fully saturated rings. The van der Waals surface area contributed by atoms with E-state index in [0.29, 0.717) is 5.92 Å². The van der Waals surface area contributed by atoms with Crippen LogP contribution in [-0.2, 0) is 6.42 Å². The predicted molar refractivity (Wildman–Crippen MR) is 80.5 cm³/mol. The fraction of sp³-hybridized carbons (Fsp3) is 0.375. The first-order chi connectivity index (χ1) is 9.69. The van der Waals surface area contributed by atoms with Crippen LogP contribution in [0.15, 0.2) is 24.3 Å². The molecule has 1 aromatic heterocycles. The minimum Gasteiger partial charge on any atom is -0.476 e. The van der Waals surface area contributed by atoms with E-state index in [1.54, 1.807) is 0 Å². The Bertz CT molecular complexity index is 644. The Morgan fingerprint density at radius 3 is 2.90 bits per heavy atom. The number of aryl methyl sites for hydroxylation is 1. The molecule has 3 rings (SSSR count). The molecular weight excluding hydrogens is 270 g/mol. The summed E-state index contributed by atoms with van der Waals surface area (Å²) in [6.45, 7) is 2.08. The summed E-state index contributed by atoms with van der Waals surface area (Å²) in [7, 11) is 0. The second kappa shape index (κ2) is 5.37. The first kappa shape index (κ1) is 13.3. The van der Waals surface area contributed by atoms with Gasteiger partial charge in [0.2, 0.25) is 0 Å². The van der Waals surface area contributed by atoms with E-state index in [4.69, 9.17) is 0 Å². The van der Waals surface area contributed by atoms with Crippen LogP contribution >= 0.6 is 11.3 Å². The first-order valence-corrected chi connectivity index (χ1v) is 7.84. The normalized spacial score (nSPS) is 14.4. The van der Waals surface area contributed by atoms with E-state index in [2.05, 4.69) is 24.0 Å². The Morgan fingerprint density at radius 1 is 1.45 bits per heavy atom. The zero-order valence-corrected chi connectivity index (χ0v) is 12.2. The van der Waals surface area contributed by atoms with Gasteiger partial charge in [0.25, 0.3) is 0 Å². The number of aromatic nitrogens is 1. The summed E-state index contributed by atoms with van der Waals surface area (Å²) < 4.78 is 0. The number of aromatic carboxylic acids is 1. The Hall–Kier alpha value is -1.68. The maximum absolute atomic E-state index is 11.4. The quantitative estimate of drug-likeness (QED) is 0.890. The van der Waals surface area contributed by atoms with Crippen LogP contribution in [0.1, 0.15) is 53.2 Å². The van der Waals surface area contributed by atoms with Crippen molar-refractivity contribution in [1.82, 2.24) is 4.98 Å². The lowest BCUT2D eigenvalue weighted by molar-refractivity contribution is 0.0692. The van der Waals surface area contributed by atoms with Gasteiger partial charge in [0, 0.05) is 0 Å². The third-order valence-corrected chi connectivity index (χ3v) is 4.70. The van der Waals surface area contributed by atoms with Crippen molar-refractivity contribution in [3.8, 4) is 10.4 Å². The average molecular weight is 287 g/mol. The molecule has 0 bridgehead atoms. The molecule has 3 nitrogen and oxygen atoms in total. The van der Waals surface area contributed by atoms with E-state index in [9.17, 15) is 9.90 Å². The lowest BCUT2D eigenvalue weighted by atomic mass is 10.1. The molecule has 20 heavy (non-hydrogen) atoms. The summed E-state index contributed by atoms with van der Waals surface area (Å²) in [6, 6.07) is 8.28. The van der Waals surface area contributed by atoms with Crippen LogP contribution in [0.2, 0.25) is 0 Å². The number of thiazole rings is 1. The number of nitrogens with zero attached hydrogens (tertiary/aromatic N) is 1. The van der Waals surface area contributed by atoms with E-state index < -0.39 is 5.97 Å². The van der Waals surface area contributed by atoms with Gasteiger partial charge in [0.05, 0.1) is 9.88 Å². The van der Waals surface area contributed by atoms with Crippen LogP contribution in [0.3, 0.4) is 0 Å². The summed E-state index contributed by atoms with van der Waals surface area (Å²) in [5.41, 5.74) is 2.52. The Labute approximate surface area is 122 Å². The van der Waals surface area contributed by atoms with Crippen LogP contribution in [0, 0.1) is 0 Å². The molecule has 0 radical (unpaired) electrons. The fourth-order valence-electron chi connectivity index (χ4n) is 2.38. The van der Waals surface area contributed by atoms with Crippen molar-refractivity contribution >= 4 is 17.3 Å². The Balaban J connectivity index is 2.03. The summed E-state index contributed by atoms with van der Waals surface area (Å²) in [6.07, 6.45) is 4.32. The van der Waals surface area contributed by atoms with Gasteiger partial charge < -0.3 is 5.11 Å². The SMILES string of the molecule is CCCc1nc(C(=O)O)c(-c2cccc(C3CC3)c2)s1. The summed E-state index contributed by atoms with van der Waals surface area (Å²) in [5, 5.41) is 10.3. The van der Waals surface area contributed by atoms with Crippen LogP contribution in [0.4, 0.5) is 0 Å². The molecule has 1 saturated carbocycles. The van der Waals surface area contributed by atoms with Crippen molar-refractivity contribution < 1.29 is 9.90 Å². The zero-order valence-electron chi connectivity index (χ0n) is 11.4. The highest BCUT2D eigenvalue weighted by atomic mass is 32.1. The highest BCUT2D eigenvalue weighted by Gasteiger charge is 2.25. The molecule has 104 valence electrons. The van der Waals surface area contributed by atoms with Gasteiger partial charge in [0.1, 0.15) is 0 Å². The minimum absolute atomic E-state index is 0.200. The molecule has 0 amide bonds. The third kappa shape index (κ3) is 2.61. The summed E-state index contributed by atoms with van der Waals surface area (Å²) >= 11 is 1.51. The van der Waals surface area contributed by atoms with Crippen LogP contribution < -0.4 is 0 Å². The maximum Gasteiger partial charge on any atom is 0.356 e.